The Morgan fingerprint density at radius 2 is 2.19 bits per heavy atom. The molecule has 5 heteroatoms. The summed E-state index contributed by atoms with van der Waals surface area (Å²) in [5.41, 5.74) is 1.01. The third kappa shape index (κ3) is 3.35. The molecule has 2 rings (SSSR count). The van der Waals surface area contributed by atoms with Crippen LogP contribution in [0, 0.1) is 3.57 Å². The molecule has 16 heavy (non-hydrogen) atoms. The van der Waals surface area contributed by atoms with Crippen molar-refractivity contribution in [3.8, 4) is 0 Å². The van der Waals surface area contributed by atoms with E-state index in [1.54, 1.807) is 0 Å². The van der Waals surface area contributed by atoms with Gasteiger partial charge in [-0.2, -0.15) is 0 Å². The summed E-state index contributed by atoms with van der Waals surface area (Å²) in [4.78, 5) is 0. The molecular weight excluding hydrogens is 337 g/mol. The van der Waals surface area contributed by atoms with E-state index in [0.717, 1.165) is 22.1 Å². The van der Waals surface area contributed by atoms with Crippen LogP contribution in [0.25, 0.3) is 0 Å². The van der Waals surface area contributed by atoms with Gasteiger partial charge < -0.3 is 5.32 Å². The lowest BCUT2D eigenvalue weighted by molar-refractivity contribution is 0.562. The Morgan fingerprint density at radius 3 is 2.88 bits per heavy atom. The molecule has 0 radical (unpaired) electrons. The summed E-state index contributed by atoms with van der Waals surface area (Å²) >= 11 is 2.25. The first-order chi connectivity index (χ1) is 7.55. The summed E-state index contributed by atoms with van der Waals surface area (Å²) in [7, 11) is -2.83. The fraction of sp³-hybridized carbons (Fsp3) is 0.455. The van der Waals surface area contributed by atoms with Crippen molar-refractivity contribution in [1.29, 1.82) is 0 Å². The van der Waals surface area contributed by atoms with Gasteiger partial charge in [0.1, 0.15) is 0 Å². The Bertz CT molecular complexity index is 473. The van der Waals surface area contributed by atoms with Crippen LogP contribution < -0.4 is 5.32 Å². The van der Waals surface area contributed by atoms with Crippen molar-refractivity contribution in [3.63, 3.8) is 0 Å². The molecule has 1 aromatic carbocycles. The molecule has 1 saturated heterocycles. The monoisotopic (exact) mass is 351 g/mol. The maximum atomic E-state index is 11.5. The summed E-state index contributed by atoms with van der Waals surface area (Å²) in [6.45, 7) is 0. The van der Waals surface area contributed by atoms with E-state index in [1.165, 1.54) is 0 Å². The highest BCUT2D eigenvalue weighted by molar-refractivity contribution is 14.1. The van der Waals surface area contributed by atoms with E-state index >= 15 is 0 Å². The van der Waals surface area contributed by atoms with Crippen molar-refractivity contribution < 1.29 is 8.42 Å². The van der Waals surface area contributed by atoms with Gasteiger partial charge in [-0.25, -0.2) is 8.42 Å². The predicted octanol–water partition coefficient (Wildman–Crippen LogP) is 2.28. The van der Waals surface area contributed by atoms with Gasteiger partial charge in [-0.1, -0.05) is 6.07 Å². The minimum Gasteiger partial charge on any atom is -0.381 e. The molecule has 0 bridgehead atoms. The van der Waals surface area contributed by atoms with Crippen LogP contribution in [0.3, 0.4) is 0 Å². The second kappa shape index (κ2) is 4.91. The molecule has 1 N–H and O–H groups in total. The lowest BCUT2D eigenvalue weighted by Gasteiger charge is -2.24. The molecule has 1 fully saturated rings. The molecule has 1 aromatic rings. The summed E-state index contributed by atoms with van der Waals surface area (Å²) in [6.07, 6.45) is 1.70. The van der Waals surface area contributed by atoms with Crippen LogP contribution in [0.5, 0.6) is 0 Å². The van der Waals surface area contributed by atoms with Gasteiger partial charge in [0.15, 0.2) is 9.84 Å². The molecule has 1 unspecified atom stereocenters. The number of rotatable bonds is 2. The van der Waals surface area contributed by atoms with Crippen LogP contribution in [0.1, 0.15) is 12.8 Å². The van der Waals surface area contributed by atoms with Gasteiger partial charge in [-0.3, -0.25) is 0 Å². The summed E-state index contributed by atoms with van der Waals surface area (Å²) in [5.74, 6) is 0.607. The van der Waals surface area contributed by atoms with E-state index < -0.39 is 9.84 Å². The summed E-state index contributed by atoms with van der Waals surface area (Å²) in [5, 5.41) is 3.29. The second-order valence-electron chi connectivity index (χ2n) is 4.11. The molecule has 0 aromatic heterocycles. The van der Waals surface area contributed by atoms with E-state index in [2.05, 4.69) is 27.9 Å². The molecular formula is C11H14INO2S. The van der Waals surface area contributed by atoms with Crippen molar-refractivity contribution >= 4 is 38.1 Å². The zero-order valence-corrected chi connectivity index (χ0v) is 11.8. The Balaban J connectivity index is 2.05. The first-order valence-electron chi connectivity index (χ1n) is 5.28. The van der Waals surface area contributed by atoms with Gasteiger partial charge in [0.25, 0.3) is 0 Å². The maximum Gasteiger partial charge on any atom is 0.152 e. The average molecular weight is 351 g/mol. The van der Waals surface area contributed by atoms with E-state index in [9.17, 15) is 8.42 Å². The number of anilines is 1. The van der Waals surface area contributed by atoms with Gasteiger partial charge in [-0.05, 0) is 53.6 Å². The van der Waals surface area contributed by atoms with Crippen molar-refractivity contribution in [3.05, 3.63) is 27.8 Å². The molecule has 1 atom stereocenters. The molecule has 88 valence electrons. The fourth-order valence-electron chi connectivity index (χ4n) is 1.95. The molecule has 1 heterocycles. The standard InChI is InChI=1S/C11H14INO2S/c12-9-3-1-4-10(7-9)13-11-5-2-6-16(14,15)8-11/h1,3-4,7,11,13H,2,5-6,8H2. The fourth-order valence-corrected chi connectivity index (χ4v) is 4.13. The van der Waals surface area contributed by atoms with E-state index in [-0.39, 0.29) is 11.8 Å². The Hall–Kier alpha value is -0.300. The Kier molecular flexibility index (Phi) is 3.73. The summed E-state index contributed by atoms with van der Waals surface area (Å²) in [6, 6.07) is 8.06. The quantitative estimate of drug-likeness (QED) is 0.832. The summed E-state index contributed by atoms with van der Waals surface area (Å²) < 4.78 is 24.1. The SMILES string of the molecule is O=S1(=O)CCCC(Nc2cccc(I)c2)C1. The van der Waals surface area contributed by atoms with Crippen LogP contribution in [-0.2, 0) is 9.84 Å². The lowest BCUT2D eigenvalue weighted by atomic mass is 10.2. The third-order valence-corrected chi connectivity index (χ3v) is 5.15. The molecule has 3 nitrogen and oxygen atoms in total. The minimum absolute atomic E-state index is 0.0666. The molecule has 0 saturated carbocycles. The highest BCUT2D eigenvalue weighted by Gasteiger charge is 2.24. The van der Waals surface area contributed by atoms with Crippen molar-refractivity contribution in [1.82, 2.24) is 0 Å². The van der Waals surface area contributed by atoms with E-state index in [4.69, 9.17) is 0 Å². The molecule has 0 amide bonds. The van der Waals surface area contributed by atoms with Gasteiger partial charge in [0, 0.05) is 15.3 Å². The van der Waals surface area contributed by atoms with Gasteiger partial charge in [-0.15, -0.1) is 0 Å². The van der Waals surface area contributed by atoms with Crippen LogP contribution in [0.15, 0.2) is 24.3 Å². The zero-order chi connectivity index (χ0) is 11.6. The molecule has 1 aliphatic rings. The topological polar surface area (TPSA) is 46.2 Å². The van der Waals surface area contributed by atoms with E-state index in [1.807, 2.05) is 24.3 Å². The van der Waals surface area contributed by atoms with Gasteiger partial charge in [0.05, 0.1) is 11.5 Å². The highest BCUT2D eigenvalue weighted by Crippen LogP contribution is 2.18. The first kappa shape index (κ1) is 12.2. The smallest absolute Gasteiger partial charge is 0.152 e. The first-order valence-corrected chi connectivity index (χ1v) is 8.18. The second-order valence-corrected chi connectivity index (χ2v) is 7.58. The van der Waals surface area contributed by atoms with Gasteiger partial charge in [0.2, 0.25) is 0 Å². The highest BCUT2D eigenvalue weighted by atomic mass is 127. The van der Waals surface area contributed by atoms with Crippen LogP contribution >= 0.6 is 22.6 Å². The van der Waals surface area contributed by atoms with Crippen LogP contribution in [-0.4, -0.2) is 26.0 Å². The third-order valence-electron chi connectivity index (χ3n) is 2.66. The van der Waals surface area contributed by atoms with Gasteiger partial charge >= 0.3 is 0 Å². The number of hydrogen-bond donors (Lipinski definition) is 1. The number of halogens is 1. The number of sulfone groups is 1. The largest absolute Gasteiger partial charge is 0.381 e. The zero-order valence-electron chi connectivity index (χ0n) is 8.82. The van der Waals surface area contributed by atoms with Crippen molar-refractivity contribution in [2.45, 2.75) is 18.9 Å². The Labute approximate surface area is 110 Å². The van der Waals surface area contributed by atoms with E-state index in [0.29, 0.717) is 5.75 Å². The predicted molar refractivity (Wildman–Crippen MR) is 74.5 cm³/mol. The Morgan fingerprint density at radius 1 is 1.38 bits per heavy atom. The van der Waals surface area contributed by atoms with Crippen molar-refractivity contribution in [2.75, 3.05) is 16.8 Å². The number of hydrogen-bond acceptors (Lipinski definition) is 3. The number of nitrogens with one attached hydrogen (secondary N) is 1. The van der Waals surface area contributed by atoms with Crippen molar-refractivity contribution in [2.24, 2.45) is 0 Å². The average Bonchev–Trinajstić information content (AvgIpc) is 2.15. The maximum absolute atomic E-state index is 11.5. The van der Waals surface area contributed by atoms with Crippen LogP contribution in [0.4, 0.5) is 5.69 Å². The molecule has 0 spiro atoms. The lowest BCUT2D eigenvalue weighted by Crippen LogP contribution is -2.34. The molecule has 0 aliphatic carbocycles. The number of benzene rings is 1. The minimum atomic E-state index is -2.83. The van der Waals surface area contributed by atoms with Crippen LogP contribution in [0.2, 0.25) is 0 Å². The normalized spacial score (nSPS) is 23.9. The molecule has 1 aliphatic heterocycles.